The lowest BCUT2D eigenvalue weighted by Crippen LogP contribution is -2.07. The first-order valence-electron chi connectivity index (χ1n) is 6.06. The van der Waals surface area contributed by atoms with Gasteiger partial charge in [0.15, 0.2) is 0 Å². The van der Waals surface area contributed by atoms with E-state index in [9.17, 15) is 0 Å². The number of aromatic nitrogens is 1. The fraction of sp³-hybridized carbons (Fsp3) is 0.538. The van der Waals surface area contributed by atoms with Gasteiger partial charge in [-0.25, -0.2) is 4.98 Å². The highest BCUT2D eigenvalue weighted by Crippen LogP contribution is 2.28. The lowest BCUT2D eigenvalue weighted by Gasteiger charge is -2.05. The number of hydrogen-bond donors (Lipinski definition) is 1. The molecule has 2 rings (SSSR count). The summed E-state index contributed by atoms with van der Waals surface area (Å²) in [5.41, 5.74) is 0.586. The van der Waals surface area contributed by atoms with Crippen molar-refractivity contribution < 1.29 is 4.74 Å². The van der Waals surface area contributed by atoms with Gasteiger partial charge in [-0.1, -0.05) is 0 Å². The van der Waals surface area contributed by atoms with Gasteiger partial charge < -0.3 is 10.1 Å². The van der Waals surface area contributed by atoms with Crippen LogP contribution in [-0.4, -0.2) is 24.7 Å². The summed E-state index contributed by atoms with van der Waals surface area (Å²) in [4.78, 5) is 4.13. The second kappa shape index (κ2) is 6.21. The molecule has 0 atom stereocenters. The molecule has 90 valence electrons. The largest absolute Gasteiger partial charge is 0.381 e. The summed E-state index contributed by atoms with van der Waals surface area (Å²) in [6.45, 7) is 2.58. The molecule has 1 aromatic rings. The van der Waals surface area contributed by atoms with Crippen molar-refractivity contribution in [2.75, 3.05) is 25.1 Å². The van der Waals surface area contributed by atoms with E-state index in [0.29, 0.717) is 5.56 Å². The van der Waals surface area contributed by atoms with Gasteiger partial charge in [0, 0.05) is 26.0 Å². The molecule has 0 amide bonds. The molecule has 1 N–H and O–H groups in total. The van der Waals surface area contributed by atoms with E-state index in [0.717, 1.165) is 37.9 Å². The van der Waals surface area contributed by atoms with Crippen molar-refractivity contribution in [2.45, 2.75) is 19.3 Å². The molecule has 0 aromatic carbocycles. The summed E-state index contributed by atoms with van der Waals surface area (Å²) in [5, 5.41) is 11.8. The van der Waals surface area contributed by atoms with E-state index in [-0.39, 0.29) is 0 Å². The van der Waals surface area contributed by atoms with E-state index in [4.69, 9.17) is 10.00 Å². The van der Waals surface area contributed by atoms with E-state index in [1.54, 1.807) is 12.3 Å². The molecule has 4 nitrogen and oxygen atoms in total. The first-order valence-corrected chi connectivity index (χ1v) is 6.06. The van der Waals surface area contributed by atoms with Crippen molar-refractivity contribution in [3.63, 3.8) is 0 Å². The van der Waals surface area contributed by atoms with Crippen LogP contribution in [0.1, 0.15) is 24.8 Å². The van der Waals surface area contributed by atoms with Crippen LogP contribution in [0.2, 0.25) is 0 Å². The van der Waals surface area contributed by atoms with Crippen molar-refractivity contribution >= 4 is 5.82 Å². The Labute approximate surface area is 102 Å². The third-order valence-corrected chi connectivity index (χ3v) is 2.71. The molecule has 1 aliphatic carbocycles. The SMILES string of the molecule is N#Cc1ccc(NCCCOCC2CC2)nc1. The maximum atomic E-state index is 8.62. The van der Waals surface area contributed by atoms with Crippen molar-refractivity contribution in [1.82, 2.24) is 4.98 Å². The smallest absolute Gasteiger partial charge is 0.125 e. The first kappa shape index (κ1) is 11.9. The maximum absolute atomic E-state index is 8.62. The van der Waals surface area contributed by atoms with Crippen LogP contribution in [-0.2, 0) is 4.74 Å². The molecule has 4 heteroatoms. The van der Waals surface area contributed by atoms with Gasteiger partial charge in [-0.3, -0.25) is 0 Å². The van der Waals surface area contributed by atoms with Gasteiger partial charge in [-0.05, 0) is 37.3 Å². The molecular weight excluding hydrogens is 214 g/mol. The maximum Gasteiger partial charge on any atom is 0.125 e. The van der Waals surface area contributed by atoms with Gasteiger partial charge in [0.2, 0.25) is 0 Å². The number of rotatable bonds is 7. The zero-order valence-electron chi connectivity index (χ0n) is 9.85. The second-order valence-corrected chi connectivity index (χ2v) is 4.34. The monoisotopic (exact) mass is 231 g/mol. The summed E-state index contributed by atoms with van der Waals surface area (Å²) in [6, 6.07) is 5.63. The molecule has 0 bridgehead atoms. The van der Waals surface area contributed by atoms with Crippen molar-refractivity contribution in [3.05, 3.63) is 23.9 Å². The number of hydrogen-bond acceptors (Lipinski definition) is 4. The van der Waals surface area contributed by atoms with Crippen LogP contribution in [0.3, 0.4) is 0 Å². The fourth-order valence-electron chi connectivity index (χ4n) is 1.49. The fourth-order valence-corrected chi connectivity index (χ4v) is 1.49. The minimum atomic E-state index is 0.586. The summed E-state index contributed by atoms with van der Waals surface area (Å²) < 4.78 is 5.53. The minimum absolute atomic E-state index is 0.586. The highest BCUT2D eigenvalue weighted by Gasteiger charge is 2.20. The van der Waals surface area contributed by atoms with Gasteiger partial charge in [-0.2, -0.15) is 5.26 Å². The van der Waals surface area contributed by atoms with Crippen LogP contribution >= 0.6 is 0 Å². The minimum Gasteiger partial charge on any atom is -0.381 e. The van der Waals surface area contributed by atoms with Crippen LogP contribution in [0.4, 0.5) is 5.82 Å². The molecule has 0 saturated heterocycles. The number of nitriles is 1. The van der Waals surface area contributed by atoms with E-state index in [2.05, 4.69) is 10.3 Å². The summed E-state index contributed by atoms with van der Waals surface area (Å²) in [5.74, 6) is 1.65. The number of ether oxygens (including phenoxy) is 1. The molecule has 1 saturated carbocycles. The zero-order valence-corrected chi connectivity index (χ0v) is 9.85. The summed E-state index contributed by atoms with van der Waals surface area (Å²) in [6.07, 6.45) is 5.24. The molecule has 1 aromatic heterocycles. The van der Waals surface area contributed by atoms with Crippen molar-refractivity contribution in [2.24, 2.45) is 5.92 Å². The molecule has 0 aliphatic heterocycles. The Kier molecular flexibility index (Phi) is 4.34. The van der Waals surface area contributed by atoms with Crippen LogP contribution in [0, 0.1) is 17.2 Å². The van der Waals surface area contributed by atoms with Crippen LogP contribution in [0.15, 0.2) is 18.3 Å². The van der Waals surface area contributed by atoms with Gasteiger partial charge in [-0.15, -0.1) is 0 Å². The number of pyridine rings is 1. The molecule has 17 heavy (non-hydrogen) atoms. The molecule has 1 heterocycles. The van der Waals surface area contributed by atoms with E-state index < -0.39 is 0 Å². The third-order valence-electron chi connectivity index (χ3n) is 2.71. The quantitative estimate of drug-likeness (QED) is 0.731. The highest BCUT2D eigenvalue weighted by atomic mass is 16.5. The van der Waals surface area contributed by atoms with Crippen LogP contribution in [0.25, 0.3) is 0 Å². The molecular formula is C13H17N3O. The Morgan fingerprint density at radius 2 is 2.35 bits per heavy atom. The Balaban J connectivity index is 1.55. The standard InChI is InChI=1S/C13H17N3O/c14-8-12-4-5-13(16-9-12)15-6-1-7-17-10-11-2-3-11/h4-5,9,11H,1-3,6-7,10H2,(H,15,16). The average molecular weight is 231 g/mol. The van der Waals surface area contributed by atoms with Crippen molar-refractivity contribution in [1.29, 1.82) is 5.26 Å². The third kappa shape index (κ3) is 4.41. The number of nitrogens with zero attached hydrogens (tertiary/aromatic N) is 2. The van der Waals surface area contributed by atoms with Gasteiger partial charge in [0.25, 0.3) is 0 Å². The lowest BCUT2D eigenvalue weighted by atomic mass is 10.3. The Hall–Kier alpha value is -1.60. The number of nitrogens with one attached hydrogen (secondary N) is 1. The predicted molar refractivity (Wildman–Crippen MR) is 65.6 cm³/mol. The molecule has 0 spiro atoms. The summed E-state index contributed by atoms with van der Waals surface area (Å²) >= 11 is 0. The van der Waals surface area contributed by atoms with E-state index >= 15 is 0 Å². The average Bonchev–Trinajstić information content (AvgIpc) is 3.18. The van der Waals surface area contributed by atoms with E-state index in [1.807, 2.05) is 12.1 Å². The van der Waals surface area contributed by atoms with Crippen molar-refractivity contribution in [3.8, 4) is 6.07 Å². The van der Waals surface area contributed by atoms with Gasteiger partial charge in [0.05, 0.1) is 5.56 Å². The van der Waals surface area contributed by atoms with Crippen LogP contribution < -0.4 is 5.32 Å². The Bertz CT molecular complexity index is 379. The molecule has 0 unspecified atom stereocenters. The normalized spacial score (nSPS) is 14.3. The Morgan fingerprint density at radius 3 is 3.00 bits per heavy atom. The predicted octanol–water partition coefficient (Wildman–Crippen LogP) is 2.18. The van der Waals surface area contributed by atoms with Gasteiger partial charge >= 0.3 is 0 Å². The first-order chi connectivity index (χ1) is 8.38. The highest BCUT2D eigenvalue weighted by molar-refractivity contribution is 5.38. The van der Waals surface area contributed by atoms with Crippen LogP contribution in [0.5, 0.6) is 0 Å². The molecule has 0 radical (unpaired) electrons. The zero-order chi connectivity index (χ0) is 11.9. The number of anilines is 1. The lowest BCUT2D eigenvalue weighted by molar-refractivity contribution is 0.124. The van der Waals surface area contributed by atoms with Gasteiger partial charge in [0.1, 0.15) is 11.9 Å². The topological polar surface area (TPSA) is 57.9 Å². The molecule has 1 fully saturated rings. The Morgan fingerprint density at radius 1 is 1.47 bits per heavy atom. The summed E-state index contributed by atoms with van der Waals surface area (Å²) in [7, 11) is 0. The molecule has 1 aliphatic rings. The van der Waals surface area contributed by atoms with E-state index in [1.165, 1.54) is 12.8 Å². The second-order valence-electron chi connectivity index (χ2n) is 4.34.